The van der Waals surface area contributed by atoms with Gasteiger partial charge in [-0.25, -0.2) is 0 Å². The van der Waals surface area contributed by atoms with Crippen LogP contribution in [-0.2, 0) is 14.3 Å². The van der Waals surface area contributed by atoms with Crippen LogP contribution in [-0.4, -0.2) is 52.4 Å². The summed E-state index contributed by atoms with van der Waals surface area (Å²) in [5.41, 5.74) is -0.0491. The Morgan fingerprint density at radius 2 is 2.21 bits per heavy atom. The number of hydrogen-bond donors (Lipinski definition) is 1. The van der Waals surface area contributed by atoms with Crippen LogP contribution in [0.3, 0.4) is 0 Å². The number of anilines is 1. The SMILES string of the molecule is O=C(COC(=O)CN1CCSC1=O)Nc1ccc([N+](=O)[O-])cc1Cl. The molecule has 0 saturated carbocycles. The van der Waals surface area contributed by atoms with Gasteiger partial charge in [-0.2, -0.15) is 0 Å². The first kappa shape index (κ1) is 18.0. The topological polar surface area (TPSA) is 119 Å². The van der Waals surface area contributed by atoms with E-state index >= 15 is 0 Å². The molecule has 128 valence electrons. The van der Waals surface area contributed by atoms with E-state index in [1.165, 1.54) is 17.0 Å². The number of thioether (sulfide) groups is 1. The van der Waals surface area contributed by atoms with Crippen LogP contribution in [0.4, 0.5) is 16.2 Å². The van der Waals surface area contributed by atoms with Crippen molar-refractivity contribution in [3.8, 4) is 0 Å². The van der Waals surface area contributed by atoms with E-state index in [0.29, 0.717) is 12.3 Å². The van der Waals surface area contributed by atoms with Crippen LogP contribution in [0, 0.1) is 10.1 Å². The lowest BCUT2D eigenvalue weighted by molar-refractivity contribution is -0.384. The van der Waals surface area contributed by atoms with Crippen LogP contribution < -0.4 is 5.32 Å². The Kier molecular flexibility index (Phi) is 5.99. The molecule has 1 aliphatic rings. The Labute approximate surface area is 145 Å². The van der Waals surface area contributed by atoms with Gasteiger partial charge in [-0.15, -0.1) is 0 Å². The molecule has 1 aliphatic heterocycles. The summed E-state index contributed by atoms with van der Waals surface area (Å²) in [7, 11) is 0. The van der Waals surface area contributed by atoms with Crippen molar-refractivity contribution in [2.24, 2.45) is 0 Å². The highest BCUT2D eigenvalue weighted by Gasteiger charge is 2.24. The lowest BCUT2D eigenvalue weighted by Crippen LogP contribution is -2.32. The molecule has 0 aliphatic carbocycles. The fourth-order valence-corrected chi connectivity index (χ4v) is 2.87. The highest BCUT2D eigenvalue weighted by molar-refractivity contribution is 8.13. The third-order valence-corrected chi connectivity index (χ3v) is 4.17. The number of non-ortho nitro benzene ring substituents is 1. The number of nitrogens with zero attached hydrogens (tertiary/aromatic N) is 2. The standard InChI is InChI=1S/C13H12ClN3O6S/c14-9-5-8(17(21)22)1-2-10(9)15-11(18)7-23-12(19)6-16-3-4-24-13(16)20/h1-2,5H,3-4,6-7H2,(H,15,18). The first-order chi connectivity index (χ1) is 11.4. The molecular formula is C13H12ClN3O6S. The molecule has 0 aromatic heterocycles. The first-order valence-corrected chi connectivity index (χ1v) is 8.04. The highest BCUT2D eigenvalue weighted by Crippen LogP contribution is 2.26. The Morgan fingerprint density at radius 1 is 1.46 bits per heavy atom. The largest absolute Gasteiger partial charge is 0.454 e. The van der Waals surface area contributed by atoms with Gasteiger partial charge in [0.1, 0.15) is 6.54 Å². The lowest BCUT2D eigenvalue weighted by Gasteiger charge is -2.13. The van der Waals surface area contributed by atoms with Gasteiger partial charge >= 0.3 is 5.97 Å². The van der Waals surface area contributed by atoms with Crippen molar-refractivity contribution in [2.45, 2.75) is 0 Å². The maximum Gasteiger partial charge on any atom is 0.326 e. The van der Waals surface area contributed by atoms with Crippen LogP contribution in [0.2, 0.25) is 5.02 Å². The van der Waals surface area contributed by atoms with Gasteiger partial charge in [0.15, 0.2) is 6.61 Å². The second-order valence-electron chi connectivity index (χ2n) is 4.67. The minimum absolute atomic E-state index is 0.0106. The van der Waals surface area contributed by atoms with Crippen LogP contribution >= 0.6 is 23.4 Å². The smallest absolute Gasteiger partial charge is 0.326 e. The molecule has 0 atom stereocenters. The summed E-state index contributed by atoms with van der Waals surface area (Å²) < 4.78 is 4.78. The zero-order valence-corrected chi connectivity index (χ0v) is 13.8. The van der Waals surface area contributed by atoms with Gasteiger partial charge < -0.3 is 15.0 Å². The summed E-state index contributed by atoms with van der Waals surface area (Å²) >= 11 is 6.95. The van der Waals surface area contributed by atoms with Gasteiger partial charge in [0, 0.05) is 24.4 Å². The predicted molar refractivity (Wildman–Crippen MR) is 87.1 cm³/mol. The van der Waals surface area contributed by atoms with Crippen LogP contribution in [0.1, 0.15) is 0 Å². The van der Waals surface area contributed by atoms with Crippen molar-refractivity contribution in [3.63, 3.8) is 0 Å². The Hall–Kier alpha value is -2.33. The number of benzene rings is 1. The summed E-state index contributed by atoms with van der Waals surface area (Å²) in [4.78, 5) is 46.0. The van der Waals surface area contributed by atoms with E-state index < -0.39 is 23.4 Å². The number of rotatable bonds is 6. The minimum atomic E-state index is -0.698. The predicted octanol–water partition coefficient (Wildman–Crippen LogP) is 1.90. The van der Waals surface area contributed by atoms with Crippen LogP contribution in [0.5, 0.6) is 0 Å². The summed E-state index contributed by atoms with van der Waals surface area (Å²) in [6, 6.07) is 3.56. The molecule has 9 nitrogen and oxygen atoms in total. The minimum Gasteiger partial charge on any atom is -0.454 e. The van der Waals surface area contributed by atoms with Crippen LogP contribution in [0.15, 0.2) is 18.2 Å². The van der Waals surface area contributed by atoms with Gasteiger partial charge in [-0.1, -0.05) is 23.4 Å². The molecular weight excluding hydrogens is 362 g/mol. The Balaban J connectivity index is 1.81. The molecule has 11 heteroatoms. The third-order valence-electron chi connectivity index (χ3n) is 2.97. The van der Waals surface area contributed by atoms with Gasteiger partial charge in [-0.05, 0) is 6.07 Å². The number of halogens is 1. The summed E-state index contributed by atoms with van der Waals surface area (Å²) in [6.07, 6.45) is 0. The number of esters is 1. The zero-order valence-electron chi connectivity index (χ0n) is 12.2. The Bertz CT molecular complexity index is 698. The molecule has 2 rings (SSSR count). The van der Waals surface area contributed by atoms with Crippen molar-refractivity contribution >= 4 is 51.9 Å². The zero-order chi connectivity index (χ0) is 17.7. The fraction of sp³-hybridized carbons (Fsp3) is 0.308. The third kappa shape index (κ3) is 4.83. The fourth-order valence-electron chi connectivity index (χ4n) is 1.82. The summed E-state index contributed by atoms with van der Waals surface area (Å²) in [5, 5.41) is 12.8. The maximum atomic E-state index is 11.7. The number of nitro groups is 1. The van der Waals surface area contributed by atoms with E-state index in [-0.39, 0.29) is 28.2 Å². The number of hydrogen-bond acceptors (Lipinski definition) is 7. The number of amides is 2. The van der Waals surface area contributed by atoms with E-state index in [4.69, 9.17) is 16.3 Å². The van der Waals surface area contributed by atoms with Gasteiger partial charge in [0.2, 0.25) is 0 Å². The van der Waals surface area contributed by atoms with Crippen molar-refractivity contribution in [3.05, 3.63) is 33.3 Å². The summed E-state index contributed by atoms with van der Waals surface area (Å²) in [5.74, 6) is -0.734. The first-order valence-electron chi connectivity index (χ1n) is 6.68. The molecule has 1 aromatic rings. The van der Waals surface area contributed by atoms with E-state index in [9.17, 15) is 24.5 Å². The molecule has 0 spiro atoms. The molecule has 1 fully saturated rings. The van der Waals surface area contributed by atoms with Crippen molar-refractivity contribution in [1.29, 1.82) is 0 Å². The number of carbonyl (C=O) groups is 3. The molecule has 1 N–H and O–H groups in total. The number of ether oxygens (including phenoxy) is 1. The second kappa shape index (κ2) is 7.97. The number of nitro benzene ring substituents is 1. The van der Waals surface area contributed by atoms with Gasteiger partial charge in [-0.3, -0.25) is 24.5 Å². The average Bonchev–Trinajstić information content (AvgIpc) is 2.92. The molecule has 1 heterocycles. The molecule has 0 radical (unpaired) electrons. The maximum absolute atomic E-state index is 11.7. The number of nitrogens with one attached hydrogen (secondary N) is 1. The van der Waals surface area contributed by atoms with E-state index in [1.807, 2.05) is 0 Å². The normalized spacial score (nSPS) is 13.7. The molecule has 0 unspecified atom stereocenters. The van der Waals surface area contributed by atoms with Crippen LogP contribution in [0.25, 0.3) is 0 Å². The van der Waals surface area contributed by atoms with Gasteiger partial charge in [0.05, 0.1) is 15.6 Å². The quantitative estimate of drug-likeness (QED) is 0.459. The van der Waals surface area contributed by atoms with Crippen molar-refractivity contribution in [1.82, 2.24) is 4.90 Å². The monoisotopic (exact) mass is 373 g/mol. The lowest BCUT2D eigenvalue weighted by atomic mass is 10.3. The van der Waals surface area contributed by atoms with E-state index in [0.717, 1.165) is 17.8 Å². The second-order valence-corrected chi connectivity index (χ2v) is 6.12. The molecule has 0 bridgehead atoms. The highest BCUT2D eigenvalue weighted by atomic mass is 35.5. The molecule has 2 amide bonds. The van der Waals surface area contributed by atoms with Crippen molar-refractivity contribution in [2.75, 3.05) is 30.8 Å². The Morgan fingerprint density at radius 3 is 2.79 bits per heavy atom. The van der Waals surface area contributed by atoms with Crippen molar-refractivity contribution < 1.29 is 24.0 Å². The number of carbonyl (C=O) groups excluding carboxylic acids is 3. The average molecular weight is 374 g/mol. The summed E-state index contributed by atoms with van der Waals surface area (Å²) in [6.45, 7) is -0.304. The van der Waals surface area contributed by atoms with Gasteiger partial charge in [0.25, 0.3) is 16.8 Å². The molecule has 1 aromatic carbocycles. The molecule has 1 saturated heterocycles. The van der Waals surface area contributed by atoms with E-state index in [1.54, 1.807) is 0 Å². The van der Waals surface area contributed by atoms with E-state index in [2.05, 4.69) is 5.32 Å². The molecule has 24 heavy (non-hydrogen) atoms.